The second kappa shape index (κ2) is 4.45. The molecule has 1 aliphatic carbocycles. The van der Waals surface area contributed by atoms with Crippen molar-refractivity contribution < 1.29 is 0 Å². The number of anilines is 1. The molecule has 1 fully saturated rings. The van der Waals surface area contributed by atoms with Gasteiger partial charge in [-0.1, -0.05) is 0 Å². The average molecular weight is 284 g/mol. The van der Waals surface area contributed by atoms with Gasteiger partial charge in [0.15, 0.2) is 0 Å². The van der Waals surface area contributed by atoms with Gasteiger partial charge in [-0.05, 0) is 53.2 Å². The zero-order chi connectivity index (χ0) is 13.5. The second-order valence-electron chi connectivity index (χ2n) is 4.81. The Hall–Kier alpha value is -2.15. The molecule has 2 aromatic heterocycles. The lowest BCUT2D eigenvalue weighted by molar-refractivity contribution is 0.565. The minimum atomic E-state index is 0.464. The van der Waals surface area contributed by atoms with E-state index in [2.05, 4.69) is 20.5 Å². The summed E-state index contributed by atoms with van der Waals surface area (Å²) < 4.78 is 1.91. The fourth-order valence-corrected chi connectivity index (χ4v) is 3.14. The SMILES string of the molecule is Nc1ccc(Sc2nnnn2C2CC2)c2cnccc12. The fourth-order valence-electron chi connectivity index (χ4n) is 2.18. The summed E-state index contributed by atoms with van der Waals surface area (Å²) in [6.07, 6.45) is 5.89. The van der Waals surface area contributed by atoms with Crippen LogP contribution in [0.2, 0.25) is 0 Å². The van der Waals surface area contributed by atoms with Crippen molar-refractivity contribution in [2.75, 3.05) is 5.73 Å². The van der Waals surface area contributed by atoms with Gasteiger partial charge in [-0.25, -0.2) is 4.68 Å². The zero-order valence-corrected chi connectivity index (χ0v) is 11.4. The average Bonchev–Trinajstić information content (AvgIpc) is 3.22. The Morgan fingerprint density at radius 1 is 1.20 bits per heavy atom. The number of fused-ring (bicyclic) bond motifs is 1. The summed E-state index contributed by atoms with van der Waals surface area (Å²) in [5.41, 5.74) is 6.76. The lowest BCUT2D eigenvalue weighted by Gasteiger charge is -2.07. The second-order valence-corrected chi connectivity index (χ2v) is 5.82. The van der Waals surface area contributed by atoms with Gasteiger partial charge < -0.3 is 5.73 Å². The van der Waals surface area contributed by atoms with Crippen LogP contribution >= 0.6 is 11.8 Å². The van der Waals surface area contributed by atoms with Crippen molar-refractivity contribution in [1.82, 2.24) is 25.2 Å². The number of nitrogen functional groups attached to an aromatic ring is 1. The highest BCUT2D eigenvalue weighted by Gasteiger charge is 2.28. The van der Waals surface area contributed by atoms with Crippen LogP contribution in [0.1, 0.15) is 18.9 Å². The quantitative estimate of drug-likeness (QED) is 0.743. The predicted octanol–water partition coefficient (Wildman–Crippen LogP) is 2.29. The van der Waals surface area contributed by atoms with Gasteiger partial charge in [0.1, 0.15) is 0 Å². The van der Waals surface area contributed by atoms with Gasteiger partial charge in [-0.3, -0.25) is 4.98 Å². The molecule has 1 saturated carbocycles. The van der Waals surface area contributed by atoms with Gasteiger partial charge in [0.2, 0.25) is 5.16 Å². The minimum absolute atomic E-state index is 0.464. The van der Waals surface area contributed by atoms with E-state index in [-0.39, 0.29) is 0 Å². The molecule has 1 aliphatic rings. The molecule has 0 bridgehead atoms. The molecule has 0 spiro atoms. The van der Waals surface area contributed by atoms with Gasteiger partial charge in [0.25, 0.3) is 0 Å². The predicted molar refractivity (Wildman–Crippen MR) is 76.4 cm³/mol. The Bertz CT molecular complexity index is 779. The summed E-state index contributed by atoms with van der Waals surface area (Å²) in [6.45, 7) is 0. The molecule has 0 amide bonds. The van der Waals surface area contributed by atoms with Crippen molar-refractivity contribution >= 4 is 28.2 Å². The van der Waals surface area contributed by atoms with Crippen molar-refractivity contribution in [2.24, 2.45) is 0 Å². The molecule has 0 aliphatic heterocycles. The number of hydrogen-bond acceptors (Lipinski definition) is 6. The van der Waals surface area contributed by atoms with Crippen LogP contribution in [0.25, 0.3) is 10.8 Å². The van der Waals surface area contributed by atoms with Crippen molar-refractivity contribution in [2.45, 2.75) is 28.9 Å². The maximum atomic E-state index is 6.00. The number of pyridine rings is 1. The van der Waals surface area contributed by atoms with Crippen LogP contribution in [-0.4, -0.2) is 25.2 Å². The van der Waals surface area contributed by atoms with Gasteiger partial charge in [0, 0.05) is 33.7 Å². The number of nitrogens with zero attached hydrogens (tertiary/aromatic N) is 5. The van der Waals surface area contributed by atoms with E-state index >= 15 is 0 Å². The van der Waals surface area contributed by atoms with E-state index in [0.29, 0.717) is 6.04 Å². The van der Waals surface area contributed by atoms with E-state index in [4.69, 9.17) is 5.73 Å². The number of nitrogens with two attached hydrogens (primary N) is 1. The molecule has 20 heavy (non-hydrogen) atoms. The largest absolute Gasteiger partial charge is 0.398 e. The van der Waals surface area contributed by atoms with Crippen LogP contribution in [0.15, 0.2) is 40.6 Å². The van der Waals surface area contributed by atoms with Gasteiger partial charge in [0.05, 0.1) is 6.04 Å². The zero-order valence-electron chi connectivity index (χ0n) is 10.6. The van der Waals surface area contributed by atoms with Crippen molar-refractivity contribution in [1.29, 1.82) is 0 Å². The fraction of sp³-hybridized carbons (Fsp3) is 0.231. The summed E-state index contributed by atoms with van der Waals surface area (Å²) in [4.78, 5) is 5.25. The first-order chi connectivity index (χ1) is 9.83. The van der Waals surface area contributed by atoms with E-state index in [1.807, 2.05) is 29.1 Å². The van der Waals surface area contributed by atoms with Gasteiger partial charge in [-0.2, -0.15) is 0 Å². The smallest absolute Gasteiger partial charge is 0.214 e. The first kappa shape index (κ1) is 11.7. The Morgan fingerprint density at radius 3 is 2.95 bits per heavy atom. The molecule has 2 heterocycles. The highest BCUT2D eigenvalue weighted by molar-refractivity contribution is 7.99. The lowest BCUT2D eigenvalue weighted by Crippen LogP contribution is -1.98. The van der Waals surface area contributed by atoms with E-state index in [1.54, 1.807) is 18.0 Å². The van der Waals surface area contributed by atoms with Crippen LogP contribution in [0.5, 0.6) is 0 Å². The Balaban J connectivity index is 1.79. The number of aromatic nitrogens is 5. The van der Waals surface area contributed by atoms with Crippen LogP contribution in [0, 0.1) is 0 Å². The highest BCUT2D eigenvalue weighted by atomic mass is 32.2. The topological polar surface area (TPSA) is 82.5 Å². The van der Waals surface area contributed by atoms with E-state index < -0.39 is 0 Å². The monoisotopic (exact) mass is 284 g/mol. The third-order valence-corrected chi connectivity index (χ3v) is 4.40. The molecule has 1 aromatic carbocycles. The van der Waals surface area contributed by atoms with E-state index in [1.165, 1.54) is 0 Å². The van der Waals surface area contributed by atoms with Crippen LogP contribution < -0.4 is 5.73 Å². The molecule has 0 saturated heterocycles. The molecule has 6 nitrogen and oxygen atoms in total. The number of hydrogen-bond donors (Lipinski definition) is 1. The molecule has 0 unspecified atom stereocenters. The Kier molecular flexibility index (Phi) is 2.59. The molecule has 0 radical (unpaired) electrons. The Labute approximate surface area is 119 Å². The molecule has 100 valence electrons. The molecule has 0 atom stereocenters. The van der Waals surface area contributed by atoms with Crippen molar-refractivity contribution in [3.63, 3.8) is 0 Å². The first-order valence-electron chi connectivity index (χ1n) is 6.41. The lowest BCUT2D eigenvalue weighted by atomic mass is 10.1. The van der Waals surface area contributed by atoms with E-state index in [9.17, 15) is 0 Å². The molecular formula is C13H12N6S. The summed E-state index contributed by atoms with van der Waals surface area (Å²) in [7, 11) is 0. The normalized spacial score (nSPS) is 14.8. The summed E-state index contributed by atoms with van der Waals surface area (Å²) in [5.74, 6) is 0. The summed E-state index contributed by atoms with van der Waals surface area (Å²) >= 11 is 1.56. The molecule has 7 heteroatoms. The third-order valence-electron chi connectivity index (χ3n) is 3.37. The summed E-state index contributed by atoms with van der Waals surface area (Å²) in [5, 5.41) is 14.8. The molecule has 2 N–H and O–H groups in total. The van der Waals surface area contributed by atoms with E-state index in [0.717, 1.165) is 39.4 Å². The maximum Gasteiger partial charge on any atom is 0.214 e. The van der Waals surface area contributed by atoms with Crippen molar-refractivity contribution in [3.05, 3.63) is 30.6 Å². The van der Waals surface area contributed by atoms with Crippen LogP contribution in [-0.2, 0) is 0 Å². The molecular weight excluding hydrogens is 272 g/mol. The molecule has 3 aromatic rings. The summed E-state index contributed by atoms with van der Waals surface area (Å²) in [6, 6.07) is 6.30. The number of rotatable bonds is 3. The van der Waals surface area contributed by atoms with Gasteiger partial charge >= 0.3 is 0 Å². The molecule has 4 rings (SSSR count). The highest BCUT2D eigenvalue weighted by Crippen LogP contribution is 2.39. The van der Waals surface area contributed by atoms with Gasteiger partial charge in [-0.15, -0.1) is 5.10 Å². The first-order valence-corrected chi connectivity index (χ1v) is 7.22. The Morgan fingerprint density at radius 2 is 2.10 bits per heavy atom. The maximum absolute atomic E-state index is 6.00. The van der Waals surface area contributed by atoms with Crippen LogP contribution in [0.3, 0.4) is 0 Å². The van der Waals surface area contributed by atoms with Crippen molar-refractivity contribution in [3.8, 4) is 0 Å². The van der Waals surface area contributed by atoms with Crippen LogP contribution in [0.4, 0.5) is 5.69 Å². The minimum Gasteiger partial charge on any atom is -0.398 e. The number of benzene rings is 1. The standard InChI is InChI=1S/C13H12N6S/c14-11-3-4-12(10-7-15-6-5-9(10)11)20-13-16-17-18-19(13)8-1-2-8/h3-8H,1-2,14H2. The number of tetrazole rings is 1. The third kappa shape index (κ3) is 1.90.